The Hall–Kier alpha value is -2.89. The van der Waals surface area contributed by atoms with E-state index in [0.717, 1.165) is 6.07 Å². The van der Waals surface area contributed by atoms with Crippen molar-refractivity contribution >= 4 is 23.3 Å². The number of methoxy groups -OCH3 is 1. The zero-order valence-corrected chi connectivity index (χ0v) is 13.8. The zero-order chi connectivity index (χ0) is 19.9. The first-order valence-corrected chi connectivity index (χ1v) is 7.13. The molecule has 1 atom stereocenters. The van der Waals surface area contributed by atoms with Crippen LogP contribution in [-0.4, -0.2) is 49.3 Å². The summed E-state index contributed by atoms with van der Waals surface area (Å²) in [7, 11) is 1.28. The molecule has 1 amide bonds. The molecular weight excluding hydrogens is 363 g/mol. The van der Waals surface area contributed by atoms with Gasteiger partial charge in [0.2, 0.25) is 0 Å². The van der Waals surface area contributed by atoms with E-state index in [2.05, 4.69) is 5.32 Å². The van der Waals surface area contributed by atoms with Gasteiger partial charge in [0.1, 0.15) is 5.75 Å². The maximum Gasteiger partial charge on any atom is 0.401 e. The fourth-order valence-electron chi connectivity index (χ4n) is 1.74. The number of benzene rings is 1. The van der Waals surface area contributed by atoms with Crippen LogP contribution in [-0.2, 0) is 14.3 Å². The van der Waals surface area contributed by atoms with E-state index < -0.39 is 42.2 Å². The number of hydrogen-bond donors (Lipinski definition) is 2. The van der Waals surface area contributed by atoms with Crippen molar-refractivity contribution in [3.05, 3.63) is 28.3 Å². The number of nitrogens with one attached hydrogen (secondary N) is 2. The van der Waals surface area contributed by atoms with Crippen LogP contribution in [0, 0.1) is 10.1 Å². The van der Waals surface area contributed by atoms with E-state index in [9.17, 15) is 32.9 Å². The number of carbonyl (C=O) groups is 2. The van der Waals surface area contributed by atoms with E-state index >= 15 is 0 Å². The number of rotatable bonds is 8. The molecule has 12 heteroatoms. The number of ether oxygens (including phenoxy) is 2. The van der Waals surface area contributed by atoms with Crippen molar-refractivity contribution in [3.63, 3.8) is 0 Å². The van der Waals surface area contributed by atoms with Gasteiger partial charge in [-0.3, -0.25) is 25.0 Å². The van der Waals surface area contributed by atoms with Gasteiger partial charge in [0.25, 0.3) is 11.6 Å². The molecule has 0 spiro atoms. The number of hydrogen-bond acceptors (Lipinski definition) is 7. The van der Waals surface area contributed by atoms with Crippen molar-refractivity contribution < 1.29 is 37.2 Å². The fourth-order valence-corrected chi connectivity index (χ4v) is 1.74. The Morgan fingerprint density at radius 1 is 1.35 bits per heavy atom. The SMILES string of the molecule is COc1ccc([N+](=O)[O-])cc1NC(=O)C(C)OC(=O)CNCC(F)(F)F. The highest BCUT2D eigenvalue weighted by molar-refractivity contribution is 5.96. The first-order chi connectivity index (χ1) is 12.0. The Kier molecular flexibility index (Phi) is 7.31. The molecule has 0 fully saturated rings. The Bertz CT molecular complexity index is 680. The zero-order valence-electron chi connectivity index (χ0n) is 13.8. The van der Waals surface area contributed by atoms with Gasteiger partial charge >= 0.3 is 12.1 Å². The van der Waals surface area contributed by atoms with Crippen LogP contribution in [0.3, 0.4) is 0 Å². The van der Waals surface area contributed by atoms with E-state index in [4.69, 9.17) is 9.47 Å². The van der Waals surface area contributed by atoms with Gasteiger partial charge in [0, 0.05) is 12.1 Å². The Morgan fingerprint density at radius 2 is 2.00 bits per heavy atom. The fraction of sp³-hybridized carbons (Fsp3) is 0.429. The lowest BCUT2D eigenvalue weighted by molar-refractivity contribution is -0.384. The summed E-state index contributed by atoms with van der Waals surface area (Å²) in [6.07, 6.45) is -5.83. The second-order valence-electron chi connectivity index (χ2n) is 4.98. The molecule has 0 heterocycles. The largest absolute Gasteiger partial charge is 0.495 e. The Balaban J connectivity index is 2.65. The van der Waals surface area contributed by atoms with Crippen LogP contribution in [0.15, 0.2) is 18.2 Å². The van der Waals surface area contributed by atoms with Crippen LogP contribution in [0.5, 0.6) is 5.75 Å². The molecular formula is C14H16F3N3O6. The molecule has 0 saturated carbocycles. The Morgan fingerprint density at radius 3 is 2.54 bits per heavy atom. The van der Waals surface area contributed by atoms with E-state index in [1.165, 1.54) is 26.2 Å². The molecule has 0 radical (unpaired) electrons. The topological polar surface area (TPSA) is 120 Å². The number of carbonyl (C=O) groups excluding carboxylic acids is 2. The molecule has 1 rings (SSSR count). The van der Waals surface area contributed by atoms with Crippen LogP contribution in [0.4, 0.5) is 24.5 Å². The van der Waals surface area contributed by atoms with Crippen LogP contribution in [0.25, 0.3) is 0 Å². The van der Waals surface area contributed by atoms with Crippen molar-refractivity contribution in [1.82, 2.24) is 5.32 Å². The molecule has 0 aliphatic carbocycles. The average molecular weight is 379 g/mol. The van der Waals surface area contributed by atoms with Gasteiger partial charge in [-0.1, -0.05) is 0 Å². The number of halogens is 3. The van der Waals surface area contributed by atoms with Gasteiger partial charge in [-0.25, -0.2) is 0 Å². The summed E-state index contributed by atoms with van der Waals surface area (Å²) in [4.78, 5) is 33.5. The number of anilines is 1. The monoisotopic (exact) mass is 379 g/mol. The number of esters is 1. The molecule has 0 bridgehead atoms. The van der Waals surface area contributed by atoms with Crippen LogP contribution in [0.1, 0.15) is 6.92 Å². The lowest BCUT2D eigenvalue weighted by Crippen LogP contribution is -2.37. The lowest BCUT2D eigenvalue weighted by Gasteiger charge is -2.15. The van der Waals surface area contributed by atoms with Gasteiger partial charge in [-0.2, -0.15) is 13.2 Å². The number of amides is 1. The maximum atomic E-state index is 12.0. The van der Waals surface area contributed by atoms with E-state index in [1.54, 1.807) is 0 Å². The van der Waals surface area contributed by atoms with Gasteiger partial charge < -0.3 is 14.8 Å². The third kappa shape index (κ3) is 6.93. The second kappa shape index (κ2) is 8.99. The maximum absolute atomic E-state index is 12.0. The first-order valence-electron chi connectivity index (χ1n) is 7.13. The third-order valence-corrected chi connectivity index (χ3v) is 2.92. The predicted octanol–water partition coefficient (Wildman–Crippen LogP) is 1.63. The van der Waals surface area contributed by atoms with Crippen molar-refractivity contribution in [1.29, 1.82) is 0 Å². The van der Waals surface area contributed by atoms with E-state index in [1.807, 2.05) is 5.32 Å². The highest BCUT2D eigenvalue weighted by Gasteiger charge is 2.27. The van der Waals surface area contributed by atoms with E-state index in [0.29, 0.717) is 0 Å². The number of non-ortho nitro benzene ring substituents is 1. The van der Waals surface area contributed by atoms with E-state index in [-0.39, 0.29) is 17.1 Å². The summed E-state index contributed by atoms with van der Waals surface area (Å²) in [5.41, 5.74) is -0.327. The molecule has 0 aromatic heterocycles. The molecule has 144 valence electrons. The Labute approximate surface area is 145 Å². The number of nitro groups is 1. The molecule has 1 aromatic rings. The summed E-state index contributed by atoms with van der Waals surface area (Å²) in [6, 6.07) is 3.49. The highest BCUT2D eigenvalue weighted by Crippen LogP contribution is 2.29. The van der Waals surface area contributed by atoms with Crippen LogP contribution in [0.2, 0.25) is 0 Å². The van der Waals surface area contributed by atoms with Crippen molar-refractivity contribution in [3.8, 4) is 5.75 Å². The third-order valence-electron chi connectivity index (χ3n) is 2.92. The van der Waals surface area contributed by atoms with Crippen molar-refractivity contribution in [2.45, 2.75) is 19.2 Å². The summed E-state index contributed by atoms with van der Waals surface area (Å²) in [5.74, 6) is -1.77. The molecule has 9 nitrogen and oxygen atoms in total. The quantitative estimate of drug-likeness (QED) is 0.400. The lowest BCUT2D eigenvalue weighted by atomic mass is 10.2. The predicted molar refractivity (Wildman–Crippen MR) is 82.8 cm³/mol. The summed E-state index contributed by atoms with van der Waals surface area (Å²) < 4.78 is 45.5. The summed E-state index contributed by atoms with van der Waals surface area (Å²) in [5, 5.41) is 14.9. The molecule has 1 aromatic carbocycles. The standard InChI is InChI=1S/C14H16F3N3O6/c1-8(26-12(21)6-18-7-14(15,16)17)13(22)19-10-5-9(20(23)24)3-4-11(10)25-2/h3-5,8,18H,6-7H2,1-2H3,(H,19,22). The molecule has 0 aliphatic heterocycles. The molecule has 26 heavy (non-hydrogen) atoms. The molecule has 2 N–H and O–H groups in total. The average Bonchev–Trinajstić information content (AvgIpc) is 2.53. The number of alkyl halides is 3. The summed E-state index contributed by atoms with van der Waals surface area (Å²) >= 11 is 0. The van der Waals surface area contributed by atoms with Gasteiger partial charge in [0.15, 0.2) is 6.10 Å². The van der Waals surface area contributed by atoms with Crippen LogP contribution < -0.4 is 15.4 Å². The number of nitrogens with zero attached hydrogens (tertiary/aromatic N) is 1. The molecule has 0 aliphatic rings. The second-order valence-corrected chi connectivity index (χ2v) is 4.98. The van der Waals surface area contributed by atoms with Crippen molar-refractivity contribution in [2.24, 2.45) is 0 Å². The van der Waals surface area contributed by atoms with Crippen molar-refractivity contribution in [2.75, 3.05) is 25.5 Å². The highest BCUT2D eigenvalue weighted by atomic mass is 19.4. The van der Waals surface area contributed by atoms with Gasteiger partial charge in [-0.05, 0) is 13.0 Å². The van der Waals surface area contributed by atoms with Gasteiger partial charge in [-0.15, -0.1) is 0 Å². The minimum atomic E-state index is -4.48. The number of nitro benzene ring substituents is 1. The normalized spacial score (nSPS) is 12.2. The van der Waals surface area contributed by atoms with Crippen LogP contribution >= 0.6 is 0 Å². The minimum Gasteiger partial charge on any atom is -0.495 e. The first kappa shape index (κ1) is 21.2. The molecule has 0 saturated heterocycles. The summed E-state index contributed by atoms with van der Waals surface area (Å²) in [6.45, 7) is -0.925. The molecule has 1 unspecified atom stereocenters. The van der Waals surface area contributed by atoms with Gasteiger partial charge in [0.05, 0.1) is 30.8 Å². The smallest absolute Gasteiger partial charge is 0.401 e. The minimum absolute atomic E-state index is 0.0233.